The van der Waals surface area contributed by atoms with E-state index in [4.69, 9.17) is 4.74 Å². The Hall–Kier alpha value is -3.69. The van der Waals surface area contributed by atoms with Crippen molar-refractivity contribution in [1.29, 1.82) is 0 Å². The molecule has 0 radical (unpaired) electrons. The Bertz CT molecular complexity index is 1210. The Morgan fingerprint density at radius 3 is 2.63 bits per heavy atom. The Labute approximate surface area is 199 Å². The van der Waals surface area contributed by atoms with Gasteiger partial charge in [-0.3, -0.25) is 24.5 Å². The number of halogens is 3. The highest BCUT2D eigenvalue weighted by atomic mass is 19.3. The lowest BCUT2D eigenvalue weighted by atomic mass is 9.83. The van der Waals surface area contributed by atoms with E-state index in [0.717, 1.165) is 12.1 Å². The summed E-state index contributed by atoms with van der Waals surface area (Å²) in [6.45, 7) is 1.39. The number of hydrogen-bond acceptors (Lipinski definition) is 5. The maximum absolute atomic E-state index is 14.8. The van der Waals surface area contributed by atoms with Crippen molar-refractivity contribution in [2.75, 3.05) is 6.61 Å². The van der Waals surface area contributed by atoms with Crippen LogP contribution in [0.15, 0.2) is 36.4 Å². The van der Waals surface area contributed by atoms with Crippen LogP contribution < -0.4 is 15.4 Å². The van der Waals surface area contributed by atoms with Gasteiger partial charge in [-0.15, -0.1) is 0 Å². The van der Waals surface area contributed by atoms with Crippen molar-refractivity contribution >= 4 is 23.5 Å². The van der Waals surface area contributed by atoms with Crippen LogP contribution in [0.5, 0.6) is 5.75 Å². The lowest BCUT2D eigenvalue weighted by molar-refractivity contribution is -0.147. The molecule has 0 aromatic heterocycles. The van der Waals surface area contributed by atoms with Crippen LogP contribution in [0.2, 0.25) is 0 Å². The molecule has 2 aromatic carbocycles. The van der Waals surface area contributed by atoms with Crippen LogP contribution in [0.4, 0.5) is 13.2 Å². The number of rotatable bonds is 7. The number of carbonyl (C=O) groups excluding carboxylic acids is 4. The smallest absolute Gasteiger partial charge is 0.353 e. The number of ether oxygens (including phenoxy) is 1. The zero-order valence-electron chi connectivity index (χ0n) is 18.8. The van der Waals surface area contributed by atoms with Crippen molar-refractivity contribution in [2.45, 2.75) is 38.7 Å². The summed E-state index contributed by atoms with van der Waals surface area (Å²) in [7, 11) is 0. The molecule has 0 bridgehead atoms. The number of benzene rings is 2. The molecule has 2 N–H and O–H groups in total. The summed E-state index contributed by atoms with van der Waals surface area (Å²) >= 11 is 0. The van der Waals surface area contributed by atoms with E-state index in [1.807, 2.05) is 0 Å². The van der Waals surface area contributed by atoms with Gasteiger partial charge >= 0.3 is 5.92 Å². The van der Waals surface area contributed by atoms with Crippen molar-refractivity contribution in [2.24, 2.45) is 11.8 Å². The molecule has 0 spiro atoms. The molecular formula is C25H23F3N2O5. The molecule has 1 saturated heterocycles. The number of imide groups is 1. The van der Waals surface area contributed by atoms with Crippen molar-refractivity contribution in [3.8, 4) is 5.75 Å². The lowest BCUT2D eigenvalue weighted by Crippen LogP contribution is -2.44. The van der Waals surface area contributed by atoms with E-state index in [-0.39, 0.29) is 49.9 Å². The van der Waals surface area contributed by atoms with Crippen molar-refractivity contribution in [3.63, 3.8) is 0 Å². The second-order valence-electron chi connectivity index (χ2n) is 8.55. The summed E-state index contributed by atoms with van der Waals surface area (Å²) in [4.78, 5) is 48.8. The van der Waals surface area contributed by atoms with E-state index in [9.17, 15) is 32.3 Å². The van der Waals surface area contributed by atoms with E-state index in [1.54, 1.807) is 19.1 Å². The number of alkyl halides is 2. The van der Waals surface area contributed by atoms with Gasteiger partial charge in [-0.25, -0.2) is 4.39 Å². The van der Waals surface area contributed by atoms with Gasteiger partial charge < -0.3 is 10.1 Å². The van der Waals surface area contributed by atoms with E-state index < -0.39 is 41.0 Å². The molecule has 1 aliphatic heterocycles. The van der Waals surface area contributed by atoms with Gasteiger partial charge in [0.2, 0.25) is 11.8 Å². The Balaban J connectivity index is 1.46. The first-order valence-corrected chi connectivity index (χ1v) is 11.2. The van der Waals surface area contributed by atoms with Crippen molar-refractivity contribution < 1.29 is 37.1 Å². The van der Waals surface area contributed by atoms with Gasteiger partial charge in [0.25, 0.3) is 5.91 Å². The Morgan fingerprint density at radius 1 is 1.14 bits per heavy atom. The molecule has 3 amide bonds. The largest absolute Gasteiger partial charge is 0.493 e. The number of Topliss-reactive ketones (excluding diaryl/α,β-unsaturated/α-hetero) is 1. The maximum Gasteiger partial charge on any atom is 0.353 e. The number of nitrogens with one attached hydrogen (secondary N) is 2. The molecular weight excluding hydrogens is 465 g/mol. The number of piperidine rings is 1. The van der Waals surface area contributed by atoms with Gasteiger partial charge in [0, 0.05) is 30.4 Å². The normalized spacial score (nSPS) is 19.8. The topological polar surface area (TPSA) is 102 Å². The average molecular weight is 488 g/mol. The highest BCUT2D eigenvalue weighted by Gasteiger charge is 2.44. The Kier molecular flexibility index (Phi) is 6.64. The molecule has 4 rings (SSSR count). The summed E-state index contributed by atoms with van der Waals surface area (Å²) in [5.74, 6) is -9.13. The summed E-state index contributed by atoms with van der Waals surface area (Å²) in [5.41, 5.74) is 0.686. The third-order valence-electron chi connectivity index (χ3n) is 6.30. The predicted molar refractivity (Wildman–Crippen MR) is 117 cm³/mol. The maximum atomic E-state index is 14.8. The molecule has 10 heteroatoms. The third-order valence-corrected chi connectivity index (χ3v) is 6.30. The highest BCUT2D eigenvalue weighted by Crippen LogP contribution is 2.37. The fraction of sp³-hybridized carbons (Fsp3) is 0.360. The van der Waals surface area contributed by atoms with Crippen LogP contribution in [-0.4, -0.2) is 30.1 Å². The summed E-state index contributed by atoms with van der Waals surface area (Å²) in [6.07, 6.45) is 0.731. The molecule has 7 nitrogen and oxygen atoms in total. The highest BCUT2D eigenvalue weighted by molar-refractivity contribution is 6.07. The van der Waals surface area contributed by atoms with Crippen LogP contribution in [0, 0.1) is 17.7 Å². The monoisotopic (exact) mass is 488 g/mol. The first kappa shape index (κ1) is 24.4. The quantitative estimate of drug-likeness (QED) is 0.584. The molecule has 35 heavy (non-hydrogen) atoms. The summed E-state index contributed by atoms with van der Waals surface area (Å²) in [5, 5.41) is 4.42. The van der Waals surface area contributed by atoms with Crippen molar-refractivity contribution in [3.05, 3.63) is 64.5 Å². The Morgan fingerprint density at radius 2 is 1.91 bits per heavy atom. The second-order valence-corrected chi connectivity index (χ2v) is 8.55. The zero-order chi connectivity index (χ0) is 25.3. The molecule has 1 aliphatic carbocycles. The minimum atomic E-state index is -4.05. The van der Waals surface area contributed by atoms with Gasteiger partial charge in [-0.2, -0.15) is 8.78 Å². The van der Waals surface area contributed by atoms with Gasteiger partial charge in [-0.1, -0.05) is 18.2 Å². The summed E-state index contributed by atoms with van der Waals surface area (Å²) < 4.78 is 48.4. The second kappa shape index (κ2) is 9.52. The third kappa shape index (κ3) is 4.78. The number of carbonyl (C=O) groups is 4. The number of ketones is 1. The SMILES string of the molecule is CCOc1ccc(F)cc1C(F)(F)C(=O)NCc1ccc2c(c1)C[C@H](C1CCC(=O)NC1=O)C2=O. The standard InChI is InChI=1S/C25H23F3N2O5/c1-2-35-20-7-4-15(26)11-19(20)25(27,28)24(34)29-12-13-3-5-16-14(9-13)10-18(22(16)32)17-6-8-21(31)30-23(17)33/h3-5,7,9,11,17-18H,2,6,8,10,12H2,1H3,(H,29,34)(H,30,31,33)/t17?,18-/m1/s1. The molecule has 184 valence electrons. The van der Waals surface area contributed by atoms with Crippen LogP contribution in [0.3, 0.4) is 0 Å². The number of hydrogen-bond donors (Lipinski definition) is 2. The van der Waals surface area contributed by atoms with Crippen LogP contribution in [-0.2, 0) is 33.3 Å². The number of amides is 3. The van der Waals surface area contributed by atoms with Gasteiger partial charge in [0.15, 0.2) is 5.78 Å². The minimum Gasteiger partial charge on any atom is -0.493 e. The fourth-order valence-corrected chi connectivity index (χ4v) is 4.56. The van der Waals surface area contributed by atoms with E-state index in [2.05, 4.69) is 10.6 Å². The molecule has 1 unspecified atom stereocenters. The first-order valence-electron chi connectivity index (χ1n) is 11.2. The lowest BCUT2D eigenvalue weighted by Gasteiger charge is -2.24. The zero-order valence-corrected chi connectivity index (χ0v) is 18.8. The van der Waals surface area contributed by atoms with Crippen LogP contribution in [0.1, 0.15) is 46.8 Å². The van der Waals surface area contributed by atoms with E-state index >= 15 is 0 Å². The average Bonchev–Trinajstić information content (AvgIpc) is 3.14. The van der Waals surface area contributed by atoms with Crippen molar-refractivity contribution in [1.82, 2.24) is 10.6 Å². The molecule has 2 aliphatic rings. The first-order chi connectivity index (χ1) is 16.6. The molecule has 1 heterocycles. The van der Waals surface area contributed by atoms with Gasteiger partial charge in [-0.05, 0) is 49.1 Å². The fourth-order valence-electron chi connectivity index (χ4n) is 4.56. The van der Waals surface area contributed by atoms with E-state index in [0.29, 0.717) is 22.8 Å². The predicted octanol–water partition coefficient (Wildman–Crippen LogP) is 3.04. The molecule has 2 aromatic rings. The van der Waals surface area contributed by atoms with Gasteiger partial charge in [0.05, 0.1) is 12.2 Å². The van der Waals surface area contributed by atoms with Crippen LogP contribution >= 0.6 is 0 Å². The van der Waals surface area contributed by atoms with Crippen LogP contribution in [0.25, 0.3) is 0 Å². The minimum absolute atomic E-state index is 0.0595. The summed E-state index contributed by atoms with van der Waals surface area (Å²) in [6, 6.07) is 7.30. The van der Waals surface area contributed by atoms with E-state index in [1.165, 1.54) is 6.07 Å². The molecule has 0 saturated carbocycles. The number of fused-ring (bicyclic) bond motifs is 1. The molecule has 1 fully saturated rings. The molecule has 2 atom stereocenters. The van der Waals surface area contributed by atoms with Gasteiger partial charge in [0.1, 0.15) is 11.6 Å².